The molecular weight excluding hydrogens is 400 g/mol. The van der Waals surface area contributed by atoms with E-state index in [1.807, 2.05) is 24.3 Å². The summed E-state index contributed by atoms with van der Waals surface area (Å²) < 4.78 is 0. The summed E-state index contributed by atoms with van der Waals surface area (Å²) in [4.78, 5) is 14.0. The molecule has 156 valence electrons. The third kappa shape index (κ3) is 2.29. The van der Waals surface area contributed by atoms with E-state index in [2.05, 4.69) is 74.5 Å². The molecule has 0 fully saturated rings. The van der Waals surface area contributed by atoms with Gasteiger partial charge in [-0.1, -0.05) is 91.9 Å². The van der Waals surface area contributed by atoms with E-state index in [-0.39, 0.29) is 5.78 Å². The summed E-state index contributed by atoms with van der Waals surface area (Å²) in [7, 11) is 0. The average molecular weight is 423 g/mol. The largest absolute Gasteiger partial charge is 0.289 e. The van der Waals surface area contributed by atoms with Crippen LogP contribution in [0.5, 0.6) is 0 Å². The highest BCUT2D eigenvalue weighted by atomic mass is 16.1. The van der Waals surface area contributed by atoms with Gasteiger partial charge in [-0.3, -0.25) is 4.79 Å². The number of rotatable bonds is 2. The Kier molecular flexibility index (Phi) is 3.67. The monoisotopic (exact) mass is 422 g/mol. The van der Waals surface area contributed by atoms with Crippen LogP contribution in [0.3, 0.4) is 0 Å². The molecule has 0 spiro atoms. The van der Waals surface area contributed by atoms with Gasteiger partial charge in [0.05, 0.1) is 0 Å². The highest BCUT2D eigenvalue weighted by molar-refractivity contribution is 6.35. The third-order valence-corrected chi connectivity index (χ3v) is 7.45. The van der Waals surface area contributed by atoms with Crippen molar-refractivity contribution in [2.24, 2.45) is 0 Å². The van der Waals surface area contributed by atoms with E-state index >= 15 is 0 Å². The molecule has 33 heavy (non-hydrogen) atoms. The third-order valence-electron chi connectivity index (χ3n) is 7.45. The summed E-state index contributed by atoms with van der Waals surface area (Å²) in [5, 5.41) is 2.52. The van der Waals surface area contributed by atoms with Crippen LogP contribution >= 0.6 is 0 Å². The predicted molar refractivity (Wildman–Crippen MR) is 137 cm³/mol. The molecule has 0 aromatic heterocycles. The molecule has 1 nitrogen and oxygen atoms in total. The minimum atomic E-state index is 0.141. The first kappa shape index (κ1) is 18.6. The second kappa shape index (κ2) is 6.52. The van der Waals surface area contributed by atoms with Gasteiger partial charge in [0.2, 0.25) is 0 Å². The van der Waals surface area contributed by atoms with Gasteiger partial charge in [0.1, 0.15) is 0 Å². The molecule has 5 aromatic carbocycles. The summed E-state index contributed by atoms with van der Waals surface area (Å²) in [6.07, 6.45) is 0.988. The fraction of sp³-hybridized carbons (Fsp3) is 0.0938. The van der Waals surface area contributed by atoms with Crippen LogP contribution in [0.2, 0.25) is 0 Å². The van der Waals surface area contributed by atoms with Gasteiger partial charge >= 0.3 is 0 Å². The topological polar surface area (TPSA) is 17.1 Å². The second-order valence-electron chi connectivity index (χ2n) is 9.15. The zero-order valence-electron chi connectivity index (χ0n) is 18.7. The van der Waals surface area contributed by atoms with Crippen molar-refractivity contribution >= 4 is 16.6 Å². The molecule has 7 rings (SSSR count). The van der Waals surface area contributed by atoms with E-state index in [1.165, 1.54) is 44.2 Å². The lowest BCUT2D eigenvalue weighted by atomic mass is 9.83. The first-order chi connectivity index (χ1) is 16.2. The van der Waals surface area contributed by atoms with E-state index in [0.717, 1.165) is 39.8 Å². The first-order valence-corrected chi connectivity index (χ1v) is 11.7. The fourth-order valence-electron chi connectivity index (χ4n) is 5.96. The lowest BCUT2D eigenvalue weighted by molar-refractivity contribution is 0.104. The van der Waals surface area contributed by atoms with Crippen molar-refractivity contribution in [3.8, 4) is 44.5 Å². The van der Waals surface area contributed by atoms with Crippen LogP contribution in [0, 0.1) is 6.92 Å². The molecule has 0 unspecified atom stereocenters. The van der Waals surface area contributed by atoms with Gasteiger partial charge in [-0.15, -0.1) is 0 Å². The van der Waals surface area contributed by atoms with E-state index in [0.29, 0.717) is 0 Å². The molecule has 0 atom stereocenters. The molecule has 0 bridgehead atoms. The fourth-order valence-corrected chi connectivity index (χ4v) is 5.96. The molecule has 0 saturated heterocycles. The molecule has 2 aliphatic rings. The van der Waals surface area contributed by atoms with Crippen molar-refractivity contribution in [1.29, 1.82) is 0 Å². The molecule has 0 radical (unpaired) electrons. The Balaban J connectivity index is 1.77. The Morgan fingerprint density at radius 1 is 0.576 bits per heavy atom. The molecule has 0 aliphatic heterocycles. The van der Waals surface area contributed by atoms with Gasteiger partial charge in [-0.05, 0) is 68.6 Å². The van der Waals surface area contributed by atoms with Gasteiger partial charge in [0, 0.05) is 22.3 Å². The van der Waals surface area contributed by atoms with Gasteiger partial charge in [0.15, 0.2) is 5.78 Å². The zero-order chi connectivity index (χ0) is 22.3. The van der Waals surface area contributed by atoms with Crippen LogP contribution in [0.15, 0.2) is 84.9 Å². The molecule has 1 heteroatoms. The zero-order valence-corrected chi connectivity index (χ0v) is 18.7. The Morgan fingerprint density at radius 3 is 2.06 bits per heavy atom. The number of benzene rings is 5. The van der Waals surface area contributed by atoms with Crippen molar-refractivity contribution in [3.05, 3.63) is 107 Å². The smallest absolute Gasteiger partial charge is 0.194 e. The van der Waals surface area contributed by atoms with Gasteiger partial charge in [0.25, 0.3) is 0 Å². The van der Waals surface area contributed by atoms with Crippen molar-refractivity contribution in [1.82, 2.24) is 0 Å². The van der Waals surface area contributed by atoms with Crippen LogP contribution in [-0.2, 0) is 6.42 Å². The number of ketones is 1. The quantitative estimate of drug-likeness (QED) is 0.274. The first-order valence-electron chi connectivity index (χ1n) is 11.7. The van der Waals surface area contributed by atoms with Crippen LogP contribution in [0.4, 0.5) is 0 Å². The maximum Gasteiger partial charge on any atom is 0.194 e. The highest BCUT2D eigenvalue weighted by Crippen LogP contribution is 2.58. The number of fused-ring (bicyclic) bond motifs is 7. The van der Waals surface area contributed by atoms with Crippen LogP contribution in [0.25, 0.3) is 55.3 Å². The molecule has 0 saturated carbocycles. The standard InChI is InChI=1S/C32H22O/c1-3-19-14-16-21-23-15-13-18(2)26-28(23)30(25(21)17-19)27(20-9-5-4-6-10-20)31-29(26)22-11-7-8-12-24(22)32(31)33/h4-17H,3H2,1-2H3. The van der Waals surface area contributed by atoms with E-state index in [4.69, 9.17) is 0 Å². The summed E-state index contributed by atoms with van der Waals surface area (Å²) in [5.41, 5.74) is 13.6. The van der Waals surface area contributed by atoms with Crippen molar-refractivity contribution in [3.63, 3.8) is 0 Å². The molecule has 0 heterocycles. The molecule has 5 aromatic rings. The van der Waals surface area contributed by atoms with Crippen molar-refractivity contribution < 1.29 is 4.79 Å². The van der Waals surface area contributed by atoms with Crippen LogP contribution in [-0.4, -0.2) is 5.78 Å². The van der Waals surface area contributed by atoms with Gasteiger partial charge < -0.3 is 0 Å². The molecule has 0 amide bonds. The second-order valence-corrected chi connectivity index (χ2v) is 9.15. The minimum Gasteiger partial charge on any atom is -0.289 e. The SMILES string of the molecule is CCc1ccc2c(c1)-c1c(-c3ccccc3)c3c(c4c(C)ccc-2c14)-c1ccccc1C3=O. The number of carbonyl (C=O) groups excluding carboxylic acids is 1. The lowest BCUT2D eigenvalue weighted by Gasteiger charge is -2.18. The Morgan fingerprint density at radius 2 is 1.27 bits per heavy atom. The number of aryl methyl sites for hydroxylation is 2. The average Bonchev–Trinajstić information content (AvgIpc) is 3.34. The van der Waals surface area contributed by atoms with Crippen LogP contribution < -0.4 is 0 Å². The summed E-state index contributed by atoms with van der Waals surface area (Å²) in [5.74, 6) is 0.141. The summed E-state index contributed by atoms with van der Waals surface area (Å²) >= 11 is 0. The maximum atomic E-state index is 14.0. The Bertz CT molecular complexity index is 1650. The number of hydrogen-bond donors (Lipinski definition) is 0. The minimum absolute atomic E-state index is 0.141. The van der Waals surface area contributed by atoms with E-state index in [9.17, 15) is 4.79 Å². The van der Waals surface area contributed by atoms with Crippen molar-refractivity contribution in [2.75, 3.05) is 0 Å². The highest BCUT2D eigenvalue weighted by Gasteiger charge is 2.37. The normalized spacial score (nSPS) is 12.7. The summed E-state index contributed by atoms with van der Waals surface area (Å²) in [6.45, 7) is 4.38. The molecule has 2 aliphatic carbocycles. The van der Waals surface area contributed by atoms with Crippen molar-refractivity contribution in [2.45, 2.75) is 20.3 Å². The maximum absolute atomic E-state index is 14.0. The Labute approximate surface area is 193 Å². The Hall–Kier alpha value is -3.97. The summed E-state index contributed by atoms with van der Waals surface area (Å²) in [6, 6.07) is 29.9. The number of hydrogen-bond acceptors (Lipinski definition) is 1. The van der Waals surface area contributed by atoms with Crippen LogP contribution in [0.1, 0.15) is 34.0 Å². The molecular formula is C32H22O. The van der Waals surface area contributed by atoms with E-state index in [1.54, 1.807) is 0 Å². The molecule has 0 N–H and O–H groups in total. The predicted octanol–water partition coefficient (Wildman–Crippen LogP) is 8.24. The van der Waals surface area contributed by atoms with Gasteiger partial charge in [-0.2, -0.15) is 0 Å². The van der Waals surface area contributed by atoms with E-state index < -0.39 is 0 Å². The van der Waals surface area contributed by atoms with Gasteiger partial charge in [-0.25, -0.2) is 0 Å². The number of carbonyl (C=O) groups is 1. The lowest BCUT2D eigenvalue weighted by Crippen LogP contribution is -2.01.